The van der Waals surface area contributed by atoms with Crippen molar-refractivity contribution in [3.63, 3.8) is 0 Å². The molecule has 0 saturated heterocycles. The average Bonchev–Trinajstić information content (AvgIpc) is 2.28. The van der Waals surface area contributed by atoms with Gasteiger partial charge in [0.1, 0.15) is 0 Å². The minimum Gasteiger partial charge on any atom is -0.394 e. The van der Waals surface area contributed by atoms with Crippen LogP contribution in [0.15, 0.2) is 22.7 Å². The average molecular weight is 301 g/mol. The maximum Gasteiger partial charge on any atom is 0.0626 e. The fourth-order valence-electron chi connectivity index (χ4n) is 1.58. The van der Waals surface area contributed by atoms with E-state index < -0.39 is 0 Å². The smallest absolute Gasteiger partial charge is 0.0626 e. The Morgan fingerprint density at radius 2 is 2.12 bits per heavy atom. The first kappa shape index (κ1) is 14.6. The summed E-state index contributed by atoms with van der Waals surface area (Å²) in [6.45, 7) is 4.00. The predicted octanol–water partition coefficient (Wildman–Crippen LogP) is 1.94. The predicted molar refractivity (Wildman–Crippen MR) is 75.3 cm³/mol. The molecule has 4 heteroatoms. The van der Waals surface area contributed by atoms with Gasteiger partial charge in [-0.05, 0) is 38.2 Å². The summed E-state index contributed by atoms with van der Waals surface area (Å²) >= 11 is 3.52. The van der Waals surface area contributed by atoms with Crippen molar-refractivity contribution in [3.8, 4) is 0 Å². The van der Waals surface area contributed by atoms with E-state index in [2.05, 4.69) is 51.3 Å². The molecule has 0 aliphatic rings. The fourth-order valence-corrected chi connectivity index (χ4v) is 1.97. The first-order chi connectivity index (χ1) is 8.04. The molecule has 3 nitrogen and oxygen atoms in total. The quantitative estimate of drug-likeness (QED) is 0.843. The Bertz CT molecular complexity index is 355. The third-order valence-electron chi connectivity index (χ3n) is 2.73. The molecule has 0 fully saturated rings. The molecule has 1 unspecified atom stereocenters. The minimum absolute atomic E-state index is 0.00634. The van der Waals surface area contributed by atoms with Gasteiger partial charge in [-0.3, -0.25) is 0 Å². The van der Waals surface area contributed by atoms with Crippen LogP contribution in [0.2, 0.25) is 0 Å². The van der Waals surface area contributed by atoms with Crippen LogP contribution in [-0.2, 0) is 0 Å². The highest BCUT2D eigenvalue weighted by molar-refractivity contribution is 9.10. The zero-order chi connectivity index (χ0) is 12.8. The molecule has 0 spiro atoms. The first-order valence-electron chi connectivity index (χ1n) is 5.79. The number of nitrogens with zero attached hydrogens (tertiary/aromatic N) is 1. The molecule has 2 N–H and O–H groups in total. The number of likely N-dealkylation sites (N-methyl/N-ethyl adjacent to an activating group) is 1. The zero-order valence-corrected chi connectivity index (χ0v) is 12.3. The van der Waals surface area contributed by atoms with Crippen LogP contribution in [0.4, 0.5) is 0 Å². The Morgan fingerprint density at radius 1 is 1.41 bits per heavy atom. The lowest BCUT2D eigenvalue weighted by molar-refractivity contribution is 0.240. The van der Waals surface area contributed by atoms with E-state index in [1.165, 1.54) is 5.56 Å². The SMILES string of the molecule is Cc1ccc(C(CO)NCCN(C)C)cc1Br. The van der Waals surface area contributed by atoms with Crippen molar-refractivity contribution >= 4 is 15.9 Å². The summed E-state index contributed by atoms with van der Waals surface area (Å²) in [5.41, 5.74) is 2.32. The molecule has 0 bridgehead atoms. The molecule has 0 amide bonds. The van der Waals surface area contributed by atoms with Crippen molar-refractivity contribution in [3.05, 3.63) is 33.8 Å². The number of aryl methyl sites for hydroxylation is 1. The number of aliphatic hydroxyl groups is 1. The van der Waals surface area contributed by atoms with Gasteiger partial charge in [-0.1, -0.05) is 28.1 Å². The summed E-state index contributed by atoms with van der Waals surface area (Å²) < 4.78 is 1.09. The maximum absolute atomic E-state index is 9.41. The van der Waals surface area contributed by atoms with E-state index in [1.54, 1.807) is 0 Å². The van der Waals surface area contributed by atoms with Gasteiger partial charge in [0.05, 0.1) is 12.6 Å². The van der Waals surface area contributed by atoms with Crippen LogP contribution < -0.4 is 5.32 Å². The van der Waals surface area contributed by atoms with Crippen LogP contribution in [0.1, 0.15) is 17.2 Å². The number of benzene rings is 1. The summed E-state index contributed by atoms with van der Waals surface area (Å²) in [7, 11) is 4.08. The second kappa shape index (κ2) is 7.11. The van der Waals surface area contributed by atoms with Crippen LogP contribution in [-0.4, -0.2) is 43.8 Å². The minimum atomic E-state index is 0.00634. The maximum atomic E-state index is 9.41. The fraction of sp³-hybridized carbons (Fsp3) is 0.538. The lowest BCUT2D eigenvalue weighted by atomic mass is 10.1. The van der Waals surface area contributed by atoms with E-state index in [0.717, 1.165) is 23.1 Å². The van der Waals surface area contributed by atoms with Crippen molar-refractivity contribution < 1.29 is 5.11 Å². The van der Waals surface area contributed by atoms with Crippen molar-refractivity contribution in [2.24, 2.45) is 0 Å². The van der Waals surface area contributed by atoms with Gasteiger partial charge in [0.25, 0.3) is 0 Å². The molecule has 96 valence electrons. The molecule has 0 aromatic heterocycles. The first-order valence-corrected chi connectivity index (χ1v) is 6.59. The topological polar surface area (TPSA) is 35.5 Å². The van der Waals surface area contributed by atoms with E-state index in [-0.39, 0.29) is 12.6 Å². The Kier molecular flexibility index (Phi) is 6.12. The van der Waals surface area contributed by atoms with Gasteiger partial charge in [-0.25, -0.2) is 0 Å². The third-order valence-corrected chi connectivity index (χ3v) is 3.58. The molecular formula is C13H21BrN2O. The second-order valence-corrected chi connectivity index (χ2v) is 5.36. The number of hydrogen-bond donors (Lipinski definition) is 2. The van der Waals surface area contributed by atoms with Gasteiger partial charge in [-0.2, -0.15) is 0 Å². The van der Waals surface area contributed by atoms with E-state index in [4.69, 9.17) is 0 Å². The molecule has 0 radical (unpaired) electrons. The monoisotopic (exact) mass is 300 g/mol. The molecular weight excluding hydrogens is 280 g/mol. The molecule has 1 aromatic rings. The summed E-state index contributed by atoms with van der Waals surface area (Å²) in [5, 5.41) is 12.8. The molecule has 1 aromatic carbocycles. The summed E-state index contributed by atoms with van der Waals surface area (Å²) in [5.74, 6) is 0. The van der Waals surface area contributed by atoms with Crippen molar-refractivity contribution in [1.82, 2.24) is 10.2 Å². The highest BCUT2D eigenvalue weighted by atomic mass is 79.9. The van der Waals surface area contributed by atoms with Gasteiger partial charge >= 0.3 is 0 Å². The van der Waals surface area contributed by atoms with Crippen molar-refractivity contribution in [2.45, 2.75) is 13.0 Å². The van der Waals surface area contributed by atoms with Gasteiger partial charge in [-0.15, -0.1) is 0 Å². The molecule has 0 aliphatic heterocycles. The Balaban J connectivity index is 2.62. The number of hydrogen-bond acceptors (Lipinski definition) is 3. The van der Waals surface area contributed by atoms with Crippen LogP contribution in [0, 0.1) is 6.92 Å². The van der Waals surface area contributed by atoms with Crippen LogP contribution in [0.5, 0.6) is 0 Å². The number of aliphatic hydroxyl groups excluding tert-OH is 1. The second-order valence-electron chi connectivity index (χ2n) is 4.50. The van der Waals surface area contributed by atoms with Crippen LogP contribution in [0.25, 0.3) is 0 Å². The molecule has 1 rings (SSSR count). The van der Waals surface area contributed by atoms with Crippen molar-refractivity contribution in [2.75, 3.05) is 33.8 Å². The Hall–Kier alpha value is -0.420. The van der Waals surface area contributed by atoms with E-state index in [0.29, 0.717) is 0 Å². The summed E-state index contributed by atoms with van der Waals surface area (Å²) in [4.78, 5) is 2.12. The number of nitrogens with one attached hydrogen (secondary N) is 1. The van der Waals surface area contributed by atoms with Crippen LogP contribution >= 0.6 is 15.9 Å². The number of halogens is 1. The van der Waals surface area contributed by atoms with Gasteiger partial charge < -0.3 is 15.3 Å². The Morgan fingerprint density at radius 3 is 2.65 bits per heavy atom. The molecule has 0 aliphatic carbocycles. The molecule has 17 heavy (non-hydrogen) atoms. The summed E-state index contributed by atoms with van der Waals surface area (Å²) in [6, 6.07) is 6.20. The summed E-state index contributed by atoms with van der Waals surface area (Å²) in [6.07, 6.45) is 0. The molecule has 1 atom stereocenters. The van der Waals surface area contributed by atoms with Gasteiger partial charge in [0, 0.05) is 17.6 Å². The highest BCUT2D eigenvalue weighted by Crippen LogP contribution is 2.21. The van der Waals surface area contributed by atoms with Gasteiger partial charge in [0.2, 0.25) is 0 Å². The zero-order valence-electron chi connectivity index (χ0n) is 10.7. The van der Waals surface area contributed by atoms with E-state index in [1.807, 2.05) is 14.1 Å². The van der Waals surface area contributed by atoms with E-state index >= 15 is 0 Å². The normalized spacial score (nSPS) is 13.1. The largest absolute Gasteiger partial charge is 0.394 e. The molecule has 0 heterocycles. The lowest BCUT2D eigenvalue weighted by Gasteiger charge is -2.19. The van der Waals surface area contributed by atoms with Crippen molar-refractivity contribution in [1.29, 1.82) is 0 Å². The lowest BCUT2D eigenvalue weighted by Crippen LogP contribution is -2.31. The third kappa shape index (κ3) is 4.76. The van der Waals surface area contributed by atoms with E-state index in [9.17, 15) is 5.11 Å². The Labute approximate surface area is 112 Å². The standard InChI is InChI=1S/C13H21BrN2O/c1-10-4-5-11(8-12(10)14)13(9-17)15-6-7-16(2)3/h4-5,8,13,15,17H,6-7,9H2,1-3H3. The van der Waals surface area contributed by atoms with Gasteiger partial charge in [0.15, 0.2) is 0 Å². The molecule has 0 saturated carbocycles. The highest BCUT2D eigenvalue weighted by Gasteiger charge is 2.10. The number of rotatable bonds is 6. The van der Waals surface area contributed by atoms with Crippen LogP contribution in [0.3, 0.4) is 0 Å².